The van der Waals surface area contributed by atoms with E-state index < -0.39 is 0 Å². The number of ether oxygens (including phenoxy) is 1. The number of benzene rings is 1. The molecule has 0 unspecified atom stereocenters. The predicted octanol–water partition coefficient (Wildman–Crippen LogP) is 2.28. The summed E-state index contributed by atoms with van der Waals surface area (Å²) in [6, 6.07) is 5.69. The summed E-state index contributed by atoms with van der Waals surface area (Å²) in [6.07, 6.45) is 1.69. The first-order valence-electron chi connectivity index (χ1n) is 5.07. The molecular formula is C11H14BrN3OS. The van der Waals surface area contributed by atoms with Gasteiger partial charge in [-0.25, -0.2) is 0 Å². The van der Waals surface area contributed by atoms with E-state index in [1.54, 1.807) is 13.3 Å². The zero-order valence-corrected chi connectivity index (χ0v) is 12.1. The number of thiocarbonyl (C=S) groups is 1. The Hall–Kier alpha value is -1.14. The number of hydrazone groups is 1. The molecule has 0 saturated carbocycles. The van der Waals surface area contributed by atoms with Gasteiger partial charge in [0, 0.05) is 6.54 Å². The maximum absolute atomic E-state index is 5.14. The summed E-state index contributed by atoms with van der Waals surface area (Å²) < 4.78 is 6.02. The quantitative estimate of drug-likeness (QED) is 0.508. The van der Waals surface area contributed by atoms with Gasteiger partial charge < -0.3 is 10.1 Å². The topological polar surface area (TPSA) is 45.7 Å². The maximum atomic E-state index is 5.14. The molecule has 92 valence electrons. The third-order valence-corrected chi connectivity index (χ3v) is 2.75. The monoisotopic (exact) mass is 315 g/mol. The van der Waals surface area contributed by atoms with Gasteiger partial charge in [0.2, 0.25) is 0 Å². The minimum absolute atomic E-state index is 0.510. The van der Waals surface area contributed by atoms with Crippen LogP contribution in [0.5, 0.6) is 5.75 Å². The van der Waals surface area contributed by atoms with Crippen LogP contribution in [0.1, 0.15) is 12.5 Å². The first kappa shape index (κ1) is 13.9. The molecular weight excluding hydrogens is 302 g/mol. The van der Waals surface area contributed by atoms with Crippen LogP contribution in [0.15, 0.2) is 27.8 Å². The highest BCUT2D eigenvalue weighted by Crippen LogP contribution is 2.24. The van der Waals surface area contributed by atoms with Crippen molar-refractivity contribution >= 4 is 39.5 Å². The number of methoxy groups -OCH3 is 1. The zero-order valence-electron chi connectivity index (χ0n) is 9.66. The average molecular weight is 316 g/mol. The molecule has 17 heavy (non-hydrogen) atoms. The molecule has 0 saturated heterocycles. The van der Waals surface area contributed by atoms with Crippen molar-refractivity contribution in [2.75, 3.05) is 13.7 Å². The molecule has 0 bridgehead atoms. The van der Waals surface area contributed by atoms with E-state index in [1.807, 2.05) is 25.1 Å². The fourth-order valence-electron chi connectivity index (χ4n) is 1.13. The molecule has 2 N–H and O–H groups in total. The van der Waals surface area contributed by atoms with E-state index in [0.717, 1.165) is 22.3 Å². The minimum Gasteiger partial charge on any atom is -0.496 e. The van der Waals surface area contributed by atoms with E-state index in [2.05, 4.69) is 31.8 Å². The van der Waals surface area contributed by atoms with E-state index in [9.17, 15) is 0 Å². The Balaban J connectivity index is 2.60. The van der Waals surface area contributed by atoms with Crippen molar-refractivity contribution in [3.05, 3.63) is 28.2 Å². The zero-order chi connectivity index (χ0) is 12.7. The van der Waals surface area contributed by atoms with E-state index >= 15 is 0 Å². The molecule has 0 spiro atoms. The van der Waals surface area contributed by atoms with Gasteiger partial charge in [0.25, 0.3) is 0 Å². The van der Waals surface area contributed by atoms with Gasteiger partial charge in [-0.1, -0.05) is 0 Å². The molecule has 0 aliphatic carbocycles. The second-order valence-corrected chi connectivity index (χ2v) is 4.39. The van der Waals surface area contributed by atoms with Gasteiger partial charge in [0.05, 0.1) is 17.8 Å². The molecule has 0 fully saturated rings. The smallest absolute Gasteiger partial charge is 0.186 e. The number of rotatable bonds is 4. The molecule has 1 aromatic rings. The highest BCUT2D eigenvalue weighted by atomic mass is 79.9. The van der Waals surface area contributed by atoms with Gasteiger partial charge in [-0.15, -0.1) is 0 Å². The highest BCUT2D eigenvalue weighted by molar-refractivity contribution is 9.10. The summed E-state index contributed by atoms with van der Waals surface area (Å²) >= 11 is 8.38. The Bertz CT molecular complexity index is 423. The molecule has 0 amide bonds. The summed E-state index contributed by atoms with van der Waals surface area (Å²) in [6.45, 7) is 2.74. The van der Waals surface area contributed by atoms with Crippen LogP contribution in [0.4, 0.5) is 0 Å². The van der Waals surface area contributed by atoms with Crippen molar-refractivity contribution in [1.29, 1.82) is 0 Å². The number of hydrogen-bond acceptors (Lipinski definition) is 3. The second kappa shape index (κ2) is 7.24. The maximum Gasteiger partial charge on any atom is 0.186 e. The molecule has 1 aromatic carbocycles. The number of hydrogen-bond donors (Lipinski definition) is 2. The van der Waals surface area contributed by atoms with E-state index in [4.69, 9.17) is 17.0 Å². The Kier molecular flexibility index (Phi) is 5.93. The van der Waals surface area contributed by atoms with Crippen molar-refractivity contribution < 1.29 is 4.74 Å². The van der Waals surface area contributed by atoms with Crippen LogP contribution >= 0.6 is 28.1 Å². The number of nitrogens with zero attached hydrogens (tertiary/aromatic N) is 1. The third kappa shape index (κ3) is 4.70. The lowest BCUT2D eigenvalue weighted by Crippen LogP contribution is -2.31. The molecule has 4 nitrogen and oxygen atoms in total. The van der Waals surface area contributed by atoms with Gasteiger partial charge in [0.15, 0.2) is 5.11 Å². The van der Waals surface area contributed by atoms with Crippen LogP contribution in [-0.4, -0.2) is 25.0 Å². The van der Waals surface area contributed by atoms with Crippen LogP contribution in [-0.2, 0) is 0 Å². The normalized spacial score (nSPS) is 10.3. The fourth-order valence-corrected chi connectivity index (χ4v) is 1.88. The van der Waals surface area contributed by atoms with Gasteiger partial charge >= 0.3 is 0 Å². The number of nitrogens with one attached hydrogen (secondary N) is 2. The second-order valence-electron chi connectivity index (χ2n) is 3.12. The van der Waals surface area contributed by atoms with E-state index in [-0.39, 0.29) is 0 Å². The summed E-state index contributed by atoms with van der Waals surface area (Å²) in [5, 5.41) is 7.47. The Morgan fingerprint density at radius 2 is 2.35 bits per heavy atom. The lowest BCUT2D eigenvalue weighted by molar-refractivity contribution is 0.412. The summed E-state index contributed by atoms with van der Waals surface area (Å²) in [7, 11) is 1.63. The van der Waals surface area contributed by atoms with Crippen LogP contribution < -0.4 is 15.5 Å². The molecule has 6 heteroatoms. The standard InChI is InChI=1S/C11H14BrN3OS/c1-3-13-11(17)15-14-7-8-4-5-10(16-2)9(12)6-8/h4-7H,3H2,1-2H3,(H2,13,15,17)/b14-7-. The van der Waals surface area contributed by atoms with Crippen LogP contribution in [0, 0.1) is 0 Å². The van der Waals surface area contributed by atoms with E-state index in [0.29, 0.717) is 5.11 Å². The van der Waals surface area contributed by atoms with Gasteiger partial charge in [-0.2, -0.15) is 5.10 Å². The third-order valence-electron chi connectivity index (χ3n) is 1.89. The molecule has 0 heterocycles. The van der Waals surface area contributed by atoms with Crippen molar-refractivity contribution in [2.24, 2.45) is 5.10 Å². The molecule has 0 aromatic heterocycles. The summed E-state index contributed by atoms with van der Waals surface area (Å²) in [5.74, 6) is 0.790. The average Bonchev–Trinajstić information content (AvgIpc) is 2.29. The lowest BCUT2D eigenvalue weighted by Gasteiger charge is -2.04. The Morgan fingerprint density at radius 1 is 1.59 bits per heavy atom. The first-order chi connectivity index (χ1) is 8.17. The van der Waals surface area contributed by atoms with Crippen LogP contribution in [0.25, 0.3) is 0 Å². The van der Waals surface area contributed by atoms with Crippen molar-refractivity contribution in [2.45, 2.75) is 6.92 Å². The highest BCUT2D eigenvalue weighted by Gasteiger charge is 1.99. The predicted molar refractivity (Wildman–Crippen MR) is 77.7 cm³/mol. The molecule has 1 rings (SSSR count). The SMILES string of the molecule is CCNC(=S)N/N=C\c1ccc(OC)c(Br)c1. The van der Waals surface area contributed by atoms with Gasteiger partial charge in [-0.3, -0.25) is 5.43 Å². The van der Waals surface area contributed by atoms with Gasteiger partial charge in [0.1, 0.15) is 5.75 Å². The van der Waals surface area contributed by atoms with Crippen LogP contribution in [0.3, 0.4) is 0 Å². The Labute approximate surface area is 115 Å². The van der Waals surface area contributed by atoms with Crippen molar-refractivity contribution in [1.82, 2.24) is 10.7 Å². The van der Waals surface area contributed by atoms with Gasteiger partial charge in [-0.05, 0) is 58.8 Å². The Morgan fingerprint density at radius 3 is 2.94 bits per heavy atom. The minimum atomic E-state index is 0.510. The summed E-state index contributed by atoms with van der Waals surface area (Å²) in [4.78, 5) is 0. The number of halogens is 1. The van der Waals surface area contributed by atoms with E-state index in [1.165, 1.54) is 0 Å². The molecule has 0 aliphatic heterocycles. The molecule has 0 aliphatic rings. The first-order valence-corrected chi connectivity index (χ1v) is 6.28. The molecule has 0 atom stereocenters. The van der Waals surface area contributed by atoms with Crippen molar-refractivity contribution in [3.8, 4) is 5.75 Å². The van der Waals surface area contributed by atoms with Crippen LogP contribution in [0.2, 0.25) is 0 Å². The largest absolute Gasteiger partial charge is 0.496 e. The summed E-state index contributed by atoms with van der Waals surface area (Å²) in [5.41, 5.74) is 3.67. The fraction of sp³-hybridized carbons (Fsp3) is 0.273. The molecule has 0 radical (unpaired) electrons. The van der Waals surface area contributed by atoms with Crippen molar-refractivity contribution in [3.63, 3.8) is 0 Å². The lowest BCUT2D eigenvalue weighted by atomic mass is 10.2.